The SMILES string of the molecule is Cc1cc(N(CCO)CCO)c(-c2ccc[nH]2)cc1N. The van der Waals surface area contributed by atoms with E-state index < -0.39 is 0 Å². The van der Waals surface area contributed by atoms with Crippen molar-refractivity contribution in [3.05, 3.63) is 36.0 Å². The van der Waals surface area contributed by atoms with Crippen LogP contribution in [-0.4, -0.2) is 41.5 Å². The summed E-state index contributed by atoms with van der Waals surface area (Å²) in [7, 11) is 0. The van der Waals surface area contributed by atoms with E-state index in [9.17, 15) is 10.2 Å². The number of nitrogens with one attached hydrogen (secondary N) is 1. The van der Waals surface area contributed by atoms with Crippen molar-refractivity contribution in [3.8, 4) is 11.3 Å². The Balaban J connectivity index is 2.51. The van der Waals surface area contributed by atoms with Gasteiger partial charge in [-0.25, -0.2) is 0 Å². The number of nitrogens with zero attached hydrogens (tertiary/aromatic N) is 1. The van der Waals surface area contributed by atoms with Crippen LogP contribution in [0, 0.1) is 6.92 Å². The first-order chi connectivity index (χ1) is 9.67. The molecule has 0 spiro atoms. The van der Waals surface area contributed by atoms with Crippen LogP contribution in [0.2, 0.25) is 0 Å². The number of H-pyrrole nitrogens is 1. The average molecular weight is 275 g/mol. The second-order valence-electron chi connectivity index (χ2n) is 4.74. The first-order valence-electron chi connectivity index (χ1n) is 6.68. The highest BCUT2D eigenvalue weighted by Gasteiger charge is 2.14. The summed E-state index contributed by atoms with van der Waals surface area (Å²) in [6.07, 6.45) is 1.86. The third-order valence-corrected chi connectivity index (χ3v) is 3.35. The maximum atomic E-state index is 9.21. The van der Waals surface area contributed by atoms with Crippen LogP contribution >= 0.6 is 0 Å². The number of rotatable bonds is 6. The summed E-state index contributed by atoms with van der Waals surface area (Å²) in [5.41, 5.74) is 10.6. The van der Waals surface area contributed by atoms with Crippen LogP contribution in [0.15, 0.2) is 30.5 Å². The first kappa shape index (κ1) is 14.4. The van der Waals surface area contributed by atoms with Gasteiger partial charge in [0.25, 0.3) is 0 Å². The number of aliphatic hydroxyl groups is 2. The van der Waals surface area contributed by atoms with Gasteiger partial charge in [-0.15, -0.1) is 0 Å². The molecule has 5 N–H and O–H groups in total. The Bertz CT molecular complexity index is 546. The molecule has 1 aromatic carbocycles. The molecule has 5 heteroatoms. The normalized spacial score (nSPS) is 10.8. The first-order valence-corrected chi connectivity index (χ1v) is 6.68. The van der Waals surface area contributed by atoms with Crippen LogP contribution in [0.5, 0.6) is 0 Å². The van der Waals surface area contributed by atoms with Crippen molar-refractivity contribution in [1.82, 2.24) is 4.98 Å². The summed E-state index contributed by atoms with van der Waals surface area (Å²) in [4.78, 5) is 5.13. The van der Waals surface area contributed by atoms with Gasteiger partial charge in [-0.3, -0.25) is 0 Å². The number of aliphatic hydroxyl groups excluding tert-OH is 2. The van der Waals surface area contributed by atoms with E-state index in [4.69, 9.17) is 5.73 Å². The number of nitrogens with two attached hydrogens (primary N) is 1. The Morgan fingerprint density at radius 3 is 2.45 bits per heavy atom. The van der Waals surface area contributed by atoms with Crippen molar-refractivity contribution in [3.63, 3.8) is 0 Å². The Hall–Kier alpha value is -1.98. The number of hydrogen-bond acceptors (Lipinski definition) is 4. The molecule has 1 heterocycles. The quantitative estimate of drug-likeness (QED) is 0.600. The Morgan fingerprint density at radius 1 is 1.20 bits per heavy atom. The summed E-state index contributed by atoms with van der Waals surface area (Å²) in [5, 5.41) is 18.4. The number of hydrogen-bond donors (Lipinski definition) is 4. The molecule has 108 valence electrons. The fourth-order valence-corrected chi connectivity index (χ4v) is 2.28. The number of benzene rings is 1. The molecule has 0 saturated carbocycles. The molecule has 2 aromatic rings. The topological polar surface area (TPSA) is 85.5 Å². The van der Waals surface area contributed by atoms with Gasteiger partial charge in [0, 0.05) is 41.9 Å². The van der Waals surface area contributed by atoms with E-state index in [1.54, 1.807) is 0 Å². The van der Waals surface area contributed by atoms with E-state index in [-0.39, 0.29) is 13.2 Å². The van der Waals surface area contributed by atoms with Crippen molar-refractivity contribution in [2.24, 2.45) is 0 Å². The fourth-order valence-electron chi connectivity index (χ4n) is 2.28. The van der Waals surface area contributed by atoms with Crippen molar-refractivity contribution in [1.29, 1.82) is 0 Å². The van der Waals surface area contributed by atoms with Gasteiger partial charge >= 0.3 is 0 Å². The van der Waals surface area contributed by atoms with E-state index in [0.29, 0.717) is 13.1 Å². The van der Waals surface area contributed by atoms with Gasteiger partial charge in [0.1, 0.15) is 0 Å². The zero-order valence-corrected chi connectivity index (χ0v) is 11.6. The lowest BCUT2D eigenvalue weighted by atomic mass is 10.0. The molecule has 0 atom stereocenters. The van der Waals surface area contributed by atoms with Gasteiger partial charge in [0.05, 0.1) is 13.2 Å². The molecule has 2 rings (SSSR count). The minimum absolute atomic E-state index is 0.0353. The van der Waals surface area contributed by atoms with Crippen molar-refractivity contribution in [2.75, 3.05) is 36.9 Å². The molecule has 0 unspecified atom stereocenters. The predicted octanol–water partition coefficient (Wildman–Crippen LogP) is 1.36. The highest BCUT2D eigenvalue weighted by atomic mass is 16.3. The highest BCUT2D eigenvalue weighted by Crippen LogP contribution is 2.33. The molecule has 0 aliphatic rings. The van der Waals surface area contributed by atoms with Gasteiger partial charge in [-0.1, -0.05) is 0 Å². The van der Waals surface area contributed by atoms with Gasteiger partial charge < -0.3 is 25.8 Å². The second kappa shape index (κ2) is 6.45. The van der Waals surface area contributed by atoms with Crippen LogP contribution in [0.3, 0.4) is 0 Å². The Labute approximate surface area is 118 Å². The van der Waals surface area contributed by atoms with Crippen molar-refractivity contribution < 1.29 is 10.2 Å². The molecule has 0 fully saturated rings. The lowest BCUT2D eigenvalue weighted by Crippen LogP contribution is -2.30. The molecule has 5 nitrogen and oxygen atoms in total. The van der Waals surface area contributed by atoms with Crippen molar-refractivity contribution in [2.45, 2.75) is 6.92 Å². The van der Waals surface area contributed by atoms with E-state index in [0.717, 1.165) is 28.2 Å². The predicted molar refractivity (Wildman–Crippen MR) is 81.8 cm³/mol. The average Bonchev–Trinajstić information content (AvgIpc) is 2.95. The van der Waals surface area contributed by atoms with Crippen LogP contribution in [0.1, 0.15) is 5.56 Å². The molecular weight excluding hydrogens is 254 g/mol. The zero-order valence-electron chi connectivity index (χ0n) is 11.6. The molecule has 1 aromatic heterocycles. The van der Waals surface area contributed by atoms with E-state index in [1.807, 2.05) is 42.3 Å². The zero-order chi connectivity index (χ0) is 14.5. The minimum Gasteiger partial charge on any atom is -0.398 e. The Morgan fingerprint density at radius 2 is 1.90 bits per heavy atom. The van der Waals surface area contributed by atoms with E-state index in [1.165, 1.54) is 0 Å². The Kier molecular flexibility index (Phi) is 4.65. The molecule has 0 bridgehead atoms. The van der Waals surface area contributed by atoms with Gasteiger partial charge in [-0.2, -0.15) is 0 Å². The second-order valence-corrected chi connectivity index (χ2v) is 4.74. The molecular formula is C15H21N3O2. The smallest absolute Gasteiger partial charge is 0.0606 e. The van der Waals surface area contributed by atoms with E-state index >= 15 is 0 Å². The van der Waals surface area contributed by atoms with Gasteiger partial charge in [0.15, 0.2) is 0 Å². The van der Waals surface area contributed by atoms with Crippen LogP contribution in [0.4, 0.5) is 11.4 Å². The van der Waals surface area contributed by atoms with Crippen LogP contribution in [0.25, 0.3) is 11.3 Å². The summed E-state index contributed by atoms with van der Waals surface area (Å²) < 4.78 is 0. The number of anilines is 2. The molecule has 0 aliphatic heterocycles. The molecule has 0 saturated heterocycles. The number of aromatic nitrogens is 1. The standard InChI is InChI=1S/C15H21N3O2/c1-11-9-15(18(5-7-19)6-8-20)12(10-13(11)16)14-3-2-4-17-14/h2-4,9-10,17,19-20H,5-8,16H2,1H3. The summed E-state index contributed by atoms with van der Waals surface area (Å²) in [5.74, 6) is 0. The fraction of sp³-hybridized carbons (Fsp3) is 0.333. The number of aryl methyl sites for hydroxylation is 1. The summed E-state index contributed by atoms with van der Waals surface area (Å²) >= 11 is 0. The monoisotopic (exact) mass is 275 g/mol. The summed E-state index contributed by atoms with van der Waals surface area (Å²) in [6, 6.07) is 7.83. The van der Waals surface area contributed by atoms with Crippen LogP contribution < -0.4 is 10.6 Å². The van der Waals surface area contributed by atoms with Crippen molar-refractivity contribution >= 4 is 11.4 Å². The highest BCUT2D eigenvalue weighted by molar-refractivity contribution is 5.81. The van der Waals surface area contributed by atoms with E-state index in [2.05, 4.69) is 4.98 Å². The number of nitrogen functional groups attached to an aromatic ring is 1. The maximum absolute atomic E-state index is 9.21. The third kappa shape index (κ3) is 2.95. The summed E-state index contributed by atoms with van der Waals surface area (Å²) in [6.45, 7) is 2.96. The van der Waals surface area contributed by atoms with Gasteiger partial charge in [-0.05, 0) is 36.8 Å². The largest absolute Gasteiger partial charge is 0.398 e. The minimum atomic E-state index is 0.0353. The number of aromatic amines is 1. The molecule has 0 radical (unpaired) electrons. The third-order valence-electron chi connectivity index (χ3n) is 3.35. The molecule has 0 aliphatic carbocycles. The maximum Gasteiger partial charge on any atom is 0.0606 e. The molecule has 0 amide bonds. The van der Waals surface area contributed by atoms with Crippen LogP contribution in [-0.2, 0) is 0 Å². The molecule has 20 heavy (non-hydrogen) atoms. The van der Waals surface area contributed by atoms with Gasteiger partial charge in [0.2, 0.25) is 0 Å². The lowest BCUT2D eigenvalue weighted by molar-refractivity contribution is 0.281. The lowest BCUT2D eigenvalue weighted by Gasteiger charge is -2.26.